The maximum absolute atomic E-state index is 13.7. The first-order chi connectivity index (χ1) is 15.0. The van der Waals surface area contributed by atoms with Gasteiger partial charge in [0.1, 0.15) is 0 Å². The Morgan fingerprint density at radius 1 is 1.13 bits per heavy atom. The Bertz CT molecular complexity index is 888. The summed E-state index contributed by atoms with van der Waals surface area (Å²) < 4.78 is 32.3. The van der Waals surface area contributed by atoms with E-state index in [0.717, 1.165) is 69.9 Å². The Balaban J connectivity index is 1.20. The van der Waals surface area contributed by atoms with Crippen LogP contribution in [0, 0.1) is 17.6 Å². The molecule has 170 valence electrons. The molecule has 1 aliphatic carbocycles. The molecule has 2 aliphatic rings. The van der Waals surface area contributed by atoms with E-state index in [2.05, 4.69) is 15.4 Å². The van der Waals surface area contributed by atoms with Crippen LogP contribution < -0.4 is 5.32 Å². The van der Waals surface area contributed by atoms with Gasteiger partial charge < -0.3 is 19.8 Å². The molecule has 2 fully saturated rings. The van der Waals surface area contributed by atoms with E-state index in [1.165, 1.54) is 12.5 Å². The lowest BCUT2D eigenvalue weighted by Crippen LogP contribution is -2.39. The number of benzene rings is 1. The average molecular weight is 436 g/mol. The zero-order valence-electron chi connectivity index (χ0n) is 17.8. The highest BCUT2D eigenvalue weighted by atomic mass is 19.2. The standard InChI is InChI=1S/C23H31F2N3O3/c24-19-13-18-21(14-20(19)25)31-27-23(18)16-6-10-28(11-7-16)9-5-15-1-3-17(4-2-15)26-22(30)8-12-29/h13-17,29H,1-12H2,(H,26,30)/t15-,17-. The van der Waals surface area contributed by atoms with Gasteiger partial charge in [-0.15, -0.1) is 0 Å². The van der Waals surface area contributed by atoms with Crippen molar-refractivity contribution in [1.29, 1.82) is 0 Å². The number of nitrogens with zero attached hydrogens (tertiary/aromatic N) is 2. The normalized spacial score (nSPS) is 23.3. The Morgan fingerprint density at radius 3 is 2.55 bits per heavy atom. The number of aliphatic hydroxyl groups excluding tert-OH is 1. The van der Waals surface area contributed by atoms with Crippen molar-refractivity contribution in [3.8, 4) is 0 Å². The highest BCUT2D eigenvalue weighted by molar-refractivity contribution is 5.80. The van der Waals surface area contributed by atoms with Gasteiger partial charge in [-0.1, -0.05) is 5.16 Å². The minimum atomic E-state index is -0.911. The van der Waals surface area contributed by atoms with Crippen molar-refractivity contribution in [2.45, 2.75) is 63.3 Å². The first kappa shape index (κ1) is 22.1. The predicted molar refractivity (Wildman–Crippen MR) is 113 cm³/mol. The molecular weight excluding hydrogens is 404 g/mol. The summed E-state index contributed by atoms with van der Waals surface area (Å²) in [7, 11) is 0. The van der Waals surface area contributed by atoms with Gasteiger partial charge in [-0.25, -0.2) is 8.78 Å². The van der Waals surface area contributed by atoms with E-state index in [4.69, 9.17) is 9.63 Å². The van der Waals surface area contributed by atoms with Crippen molar-refractivity contribution >= 4 is 16.9 Å². The molecule has 4 rings (SSSR count). The van der Waals surface area contributed by atoms with Crippen molar-refractivity contribution in [2.24, 2.45) is 5.92 Å². The predicted octanol–water partition coefficient (Wildman–Crippen LogP) is 3.73. The lowest BCUT2D eigenvalue weighted by molar-refractivity contribution is -0.122. The van der Waals surface area contributed by atoms with Crippen molar-refractivity contribution < 1.29 is 23.2 Å². The zero-order chi connectivity index (χ0) is 21.8. The van der Waals surface area contributed by atoms with Crippen LogP contribution in [0.25, 0.3) is 11.0 Å². The molecule has 1 aromatic carbocycles. The number of aromatic nitrogens is 1. The molecule has 0 bridgehead atoms. The van der Waals surface area contributed by atoms with E-state index in [1.54, 1.807) is 0 Å². The number of likely N-dealkylation sites (tertiary alicyclic amines) is 1. The molecule has 1 saturated carbocycles. The van der Waals surface area contributed by atoms with E-state index >= 15 is 0 Å². The molecule has 1 aliphatic heterocycles. The van der Waals surface area contributed by atoms with Crippen LogP contribution in [-0.2, 0) is 4.79 Å². The van der Waals surface area contributed by atoms with Crippen LogP contribution in [0.1, 0.15) is 63.0 Å². The minimum absolute atomic E-state index is 0.0541. The SMILES string of the molecule is O=C(CCO)N[C@H]1CC[C@H](CCN2CCC(c3noc4cc(F)c(F)cc34)CC2)CC1. The van der Waals surface area contributed by atoms with Gasteiger partial charge >= 0.3 is 0 Å². The summed E-state index contributed by atoms with van der Waals surface area (Å²) >= 11 is 0. The fraction of sp³-hybridized carbons (Fsp3) is 0.652. The third-order valence-corrected chi connectivity index (χ3v) is 6.92. The molecule has 1 aromatic heterocycles. The van der Waals surface area contributed by atoms with Crippen LogP contribution >= 0.6 is 0 Å². The molecule has 0 radical (unpaired) electrons. The van der Waals surface area contributed by atoms with Crippen molar-refractivity contribution in [3.05, 3.63) is 29.5 Å². The molecule has 31 heavy (non-hydrogen) atoms. The van der Waals surface area contributed by atoms with E-state index in [0.29, 0.717) is 16.9 Å². The topological polar surface area (TPSA) is 78.6 Å². The number of piperidine rings is 1. The van der Waals surface area contributed by atoms with Gasteiger partial charge in [-0.3, -0.25) is 4.79 Å². The number of aliphatic hydroxyl groups is 1. The Morgan fingerprint density at radius 2 is 1.84 bits per heavy atom. The van der Waals surface area contributed by atoms with E-state index in [1.807, 2.05) is 0 Å². The second-order valence-corrected chi connectivity index (χ2v) is 8.99. The number of nitrogens with one attached hydrogen (secondary N) is 1. The number of halogens is 2. The molecule has 1 saturated heterocycles. The largest absolute Gasteiger partial charge is 0.396 e. The summed E-state index contributed by atoms with van der Waals surface area (Å²) in [6, 6.07) is 2.52. The maximum Gasteiger partial charge on any atom is 0.222 e. The third kappa shape index (κ3) is 5.41. The Hall–Kier alpha value is -2.06. The van der Waals surface area contributed by atoms with Gasteiger partial charge in [0.15, 0.2) is 17.2 Å². The van der Waals surface area contributed by atoms with Crippen LogP contribution in [-0.4, -0.2) is 53.4 Å². The van der Waals surface area contributed by atoms with Gasteiger partial charge in [0.2, 0.25) is 5.91 Å². The number of fused-ring (bicyclic) bond motifs is 1. The first-order valence-corrected chi connectivity index (χ1v) is 11.4. The number of carbonyl (C=O) groups excluding carboxylic acids is 1. The Kier molecular flexibility index (Phi) is 7.17. The van der Waals surface area contributed by atoms with Crippen LogP contribution in [0.2, 0.25) is 0 Å². The second-order valence-electron chi connectivity index (χ2n) is 8.99. The molecule has 2 heterocycles. The fourth-order valence-corrected chi connectivity index (χ4v) is 5.04. The minimum Gasteiger partial charge on any atom is -0.396 e. The molecule has 0 atom stereocenters. The lowest BCUT2D eigenvalue weighted by atomic mass is 9.83. The van der Waals surface area contributed by atoms with Crippen LogP contribution in [0.3, 0.4) is 0 Å². The number of carbonyl (C=O) groups is 1. The number of amides is 1. The maximum atomic E-state index is 13.7. The summed E-state index contributed by atoms with van der Waals surface area (Å²) in [5.41, 5.74) is 1.05. The summed E-state index contributed by atoms with van der Waals surface area (Å²) in [5, 5.41) is 16.6. The third-order valence-electron chi connectivity index (χ3n) is 6.92. The van der Waals surface area contributed by atoms with Gasteiger partial charge in [-0.05, 0) is 76.6 Å². The summed E-state index contributed by atoms with van der Waals surface area (Å²) in [6.07, 6.45) is 7.52. The highest BCUT2D eigenvalue weighted by Gasteiger charge is 2.27. The fourth-order valence-electron chi connectivity index (χ4n) is 5.04. The summed E-state index contributed by atoms with van der Waals surface area (Å²) in [6.45, 7) is 2.91. The number of hydrogen-bond donors (Lipinski definition) is 2. The zero-order valence-corrected chi connectivity index (χ0v) is 17.8. The molecule has 2 N–H and O–H groups in total. The molecule has 6 nitrogen and oxygen atoms in total. The average Bonchev–Trinajstić information content (AvgIpc) is 3.16. The van der Waals surface area contributed by atoms with E-state index in [-0.39, 0.29) is 30.9 Å². The number of hydrogen-bond acceptors (Lipinski definition) is 5. The smallest absolute Gasteiger partial charge is 0.222 e. The van der Waals surface area contributed by atoms with Crippen LogP contribution in [0.4, 0.5) is 8.78 Å². The van der Waals surface area contributed by atoms with Crippen molar-refractivity contribution in [3.63, 3.8) is 0 Å². The monoisotopic (exact) mass is 435 g/mol. The van der Waals surface area contributed by atoms with Crippen molar-refractivity contribution in [2.75, 3.05) is 26.2 Å². The van der Waals surface area contributed by atoms with Gasteiger partial charge in [0.25, 0.3) is 0 Å². The van der Waals surface area contributed by atoms with E-state index < -0.39 is 11.6 Å². The summed E-state index contributed by atoms with van der Waals surface area (Å²) in [4.78, 5) is 14.1. The molecule has 1 amide bonds. The van der Waals surface area contributed by atoms with Gasteiger partial charge in [0, 0.05) is 29.8 Å². The van der Waals surface area contributed by atoms with Crippen LogP contribution in [0.5, 0.6) is 0 Å². The van der Waals surface area contributed by atoms with E-state index in [9.17, 15) is 13.6 Å². The quantitative estimate of drug-likeness (QED) is 0.693. The molecule has 0 spiro atoms. The van der Waals surface area contributed by atoms with Gasteiger partial charge in [0.05, 0.1) is 12.3 Å². The second kappa shape index (κ2) is 10.0. The molecule has 8 heteroatoms. The van der Waals surface area contributed by atoms with Crippen LogP contribution in [0.15, 0.2) is 16.7 Å². The molecule has 0 unspecified atom stereocenters. The molecule has 2 aromatic rings. The van der Waals surface area contributed by atoms with Crippen molar-refractivity contribution in [1.82, 2.24) is 15.4 Å². The molecular formula is C23H31F2N3O3. The van der Waals surface area contributed by atoms with Gasteiger partial charge in [-0.2, -0.15) is 0 Å². The first-order valence-electron chi connectivity index (χ1n) is 11.4. The summed E-state index contributed by atoms with van der Waals surface area (Å²) in [5.74, 6) is -0.924. The number of rotatable bonds is 7. The highest BCUT2D eigenvalue weighted by Crippen LogP contribution is 2.34. The Labute approximate surface area is 181 Å². The lowest BCUT2D eigenvalue weighted by Gasteiger charge is -2.34.